The van der Waals surface area contributed by atoms with E-state index in [0.717, 1.165) is 31.3 Å². The predicted molar refractivity (Wildman–Crippen MR) is 134 cm³/mol. The minimum Gasteiger partial charge on any atom is -0.482 e. The first-order chi connectivity index (χ1) is 15.3. The number of aryl methyl sites for hydroxylation is 1. The van der Waals surface area contributed by atoms with E-state index in [9.17, 15) is 4.79 Å². The fourth-order valence-electron chi connectivity index (χ4n) is 5.22. The maximum absolute atomic E-state index is 12.6. The van der Waals surface area contributed by atoms with E-state index in [-0.39, 0.29) is 24.0 Å². The van der Waals surface area contributed by atoms with E-state index in [1.165, 1.54) is 16.6 Å². The molecule has 2 saturated heterocycles. The van der Waals surface area contributed by atoms with Crippen molar-refractivity contribution >= 4 is 18.5 Å². The predicted octanol–water partition coefficient (Wildman–Crippen LogP) is 6.16. The molecular weight excluding hydrogens is 413 g/mol. The highest BCUT2D eigenvalue weighted by Crippen LogP contribution is 2.52. The first kappa shape index (κ1) is 24.2. The summed E-state index contributed by atoms with van der Waals surface area (Å²) in [6, 6.07) is 6.38. The van der Waals surface area contributed by atoms with Crippen molar-refractivity contribution in [2.45, 2.75) is 97.8 Å². The van der Waals surface area contributed by atoms with Crippen molar-refractivity contribution in [3.8, 4) is 5.75 Å². The Balaban J connectivity index is 1.65. The summed E-state index contributed by atoms with van der Waals surface area (Å²) in [6.07, 6.45) is 5.50. The topological polar surface area (TPSA) is 48.0 Å². The Morgan fingerprint density at radius 3 is 2.36 bits per heavy atom. The maximum Gasteiger partial charge on any atom is 0.410 e. The van der Waals surface area contributed by atoms with E-state index in [4.69, 9.17) is 14.1 Å². The minimum atomic E-state index is -0.491. The number of likely N-dealkylation sites (tertiary alicyclic amines) is 1. The fraction of sp³-hybridized carbons (Fsp3) is 0.667. The van der Waals surface area contributed by atoms with Gasteiger partial charge in [-0.1, -0.05) is 32.9 Å². The standard InChI is InChI=1S/C27H40BNO4/c1-9-19-11-10-12-21-22(19)20(28-18-25(5,6)26(7,8)33-28)17-27(31-21)13-15-29(16-14-27)23(30)32-24(2,3)4/h10-12,17H,9,13-16,18H2,1-8H3. The molecule has 3 aliphatic rings. The van der Waals surface area contributed by atoms with Crippen LogP contribution < -0.4 is 4.74 Å². The van der Waals surface area contributed by atoms with Crippen LogP contribution in [-0.2, 0) is 15.8 Å². The molecule has 2 fully saturated rings. The zero-order chi connectivity index (χ0) is 24.2. The van der Waals surface area contributed by atoms with E-state index < -0.39 is 11.2 Å². The Morgan fingerprint density at radius 2 is 1.82 bits per heavy atom. The summed E-state index contributed by atoms with van der Waals surface area (Å²) in [4.78, 5) is 14.4. The molecule has 0 N–H and O–H groups in total. The summed E-state index contributed by atoms with van der Waals surface area (Å²) in [5, 5.41) is 0. The highest BCUT2D eigenvalue weighted by molar-refractivity contribution is 6.74. The van der Waals surface area contributed by atoms with Gasteiger partial charge in [0.2, 0.25) is 0 Å². The molecule has 4 rings (SSSR count). The van der Waals surface area contributed by atoms with Gasteiger partial charge in [0.25, 0.3) is 0 Å². The lowest BCUT2D eigenvalue weighted by Crippen LogP contribution is -2.51. The van der Waals surface area contributed by atoms with E-state index in [1.807, 2.05) is 25.7 Å². The number of fused-ring (bicyclic) bond motifs is 1. The Hall–Kier alpha value is -1.95. The van der Waals surface area contributed by atoms with Crippen molar-refractivity contribution in [1.82, 2.24) is 4.90 Å². The Kier molecular flexibility index (Phi) is 5.92. The van der Waals surface area contributed by atoms with Crippen molar-refractivity contribution < 1.29 is 18.9 Å². The SMILES string of the molecule is CCc1cccc2c1C(B1CC(C)(C)C(C)(C)O1)=CC1(CCN(C(=O)OC(C)(C)C)CC1)O2. The highest BCUT2D eigenvalue weighted by Gasteiger charge is 2.53. The van der Waals surface area contributed by atoms with E-state index >= 15 is 0 Å². The quantitative estimate of drug-likeness (QED) is 0.503. The Morgan fingerprint density at radius 1 is 1.15 bits per heavy atom. The maximum atomic E-state index is 12.6. The van der Waals surface area contributed by atoms with Crippen molar-refractivity contribution in [1.29, 1.82) is 0 Å². The van der Waals surface area contributed by atoms with Gasteiger partial charge in [0.05, 0.1) is 5.60 Å². The minimum absolute atomic E-state index is 0.0334. The van der Waals surface area contributed by atoms with Gasteiger partial charge in [-0.15, -0.1) is 0 Å². The lowest BCUT2D eigenvalue weighted by molar-refractivity contribution is -0.00125. The average molecular weight is 453 g/mol. The molecule has 33 heavy (non-hydrogen) atoms. The Labute approximate surface area is 200 Å². The normalized spacial score (nSPS) is 23.1. The molecule has 6 heteroatoms. The van der Waals surface area contributed by atoms with Crippen molar-refractivity contribution in [3.63, 3.8) is 0 Å². The van der Waals surface area contributed by atoms with Crippen LogP contribution in [0.5, 0.6) is 5.75 Å². The van der Waals surface area contributed by atoms with Gasteiger partial charge < -0.3 is 19.0 Å². The Bertz CT molecular complexity index is 935. The van der Waals surface area contributed by atoms with Gasteiger partial charge in [-0.2, -0.15) is 0 Å². The van der Waals surface area contributed by atoms with Crippen LogP contribution in [0.2, 0.25) is 6.32 Å². The van der Waals surface area contributed by atoms with Gasteiger partial charge in [0.1, 0.15) is 17.0 Å². The molecule has 0 bridgehead atoms. The fourth-order valence-corrected chi connectivity index (χ4v) is 5.22. The molecule has 3 aliphatic heterocycles. The van der Waals surface area contributed by atoms with Gasteiger partial charge in [0, 0.05) is 31.5 Å². The zero-order valence-corrected chi connectivity index (χ0v) is 21.7. The van der Waals surface area contributed by atoms with Crippen LogP contribution in [0.4, 0.5) is 4.79 Å². The number of amides is 1. The molecule has 0 saturated carbocycles. The second-order valence-electron chi connectivity index (χ2n) is 12.1. The molecule has 0 unspecified atom stereocenters. The number of carbonyl (C=O) groups is 1. The molecule has 180 valence electrons. The number of nitrogens with zero attached hydrogens (tertiary/aromatic N) is 1. The largest absolute Gasteiger partial charge is 0.482 e. The van der Waals surface area contributed by atoms with Gasteiger partial charge >= 0.3 is 13.0 Å². The molecule has 0 aliphatic carbocycles. The number of piperidine rings is 1. The summed E-state index contributed by atoms with van der Waals surface area (Å²) in [5.41, 5.74) is 2.72. The second-order valence-corrected chi connectivity index (χ2v) is 12.1. The van der Waals surface area contributed by atoms with Crippen LogP contribution in [0.25, 0.3) is 5.47 Å². The van der Waals surface area contributed by atoms with Crippen molar-refractivity contribution in [3.05, 3.63) is 35.4 Å². The van der Waals surface area contributed by atoms with Gasteiger partial charge in [0.15, 0.2) is 0 Å². The van der Waals surface area contributed by atoms with E-state index in [2.05, 4.69) is 58.9 Å². The third-order valence-electron chi connectivity index (χ3n) is 7.88. The van der Waals surface area contributed by atoms with Crippen LogP contribution in [0.15, 0.2) is 24.3 Å². The highest BCUT2D eigenvalue weighted by atomic mass is 16.6. The number of carbonyl (C=O) groups excluding carboxylic acids is 1. The third-order valence-corrected chi connectivity index (χ3v) is 7.88. The number of benzene rings is 1. The second kappa shape index (κ2) is 8.07. The van der Waals surface area contributed by atoms with Crippen LogP contribution in [0.3, 0.4) is 0 Å². The molecular formula is C27H40BNO4. The average Bonchev–Trinajstić information content (AvgIpc) is 2.93. The molecule has 0 radical (unpaired) electrons. The third kappa shape index (κ3) is 4.56. The summed E-state index contributed by atoms with van der Waals surface area (Å²) < 4.78 is 19.0. The zero-order valence-electron chi connectivity index (χ0n) is 21.7. The molecule has 1 aromatic carbocycles. The van der Waals surface area contributed by atoms with Gasteiger partial charge in [-0.3, -0.25) is 0 Å². The molecule has 0 atom stereocenters. The van der Waals surface area contributed by atoms with Crippen LogP contribution in [0, 0.1) is 5.41 Å². The van der Waals surface area contributed by atoms with Gasteiger partial charge in [-0.25, -0.2) is 4.79 Å². The summed E-state index contributed by atoms with van der Waals surface area (Å²) in [5.74, 6) is 0.948. The molecule has 0 aromatic heterocycles. The van der Waals surface area contributed by atoms with E-state index in [0.29, 0.717) is 13.1 Å². The first-order valence-corrected chi connectivity index (χ1v) is 12.5. The lowest BCUT2D eigenvalue weighted by atomic mass is 9.50. The van der Waals surface area contributed by atoms with E-state index in [1.54, 1.807) is 0 Å². The molecule has 1 aromatic rings. The molecule has 1 spiro atoms. The number of hydrogen-bond donors (Lipinski definition) is 0. The first-order valence-electron chi connectivity index (χ1n) is 12.5. The smallest absolute Gasteiger partial charge is 0.410 e. The van der Waals surface area contributed by atoms with Crippen LogP contribution in [-0.4, -0.2) is 47.8 Å². The summed E-state index contributed by atoms with van der Waals surface area (Å²) in [6.45, 7) is 18.2. The molecule has 1 amide bonds. The number of rotatable bonds is 2. The van der Waals surface area contributed by atoms with Gasteiger partial charge in [-0.05, 0) is 76.0 Å². The lowest BCUT2D eigenvalue weighted by Gasteiger charge is -2.44. The number of hydrogen-bond acceptors (Lipinski definition) is 4. The summed E-state index contributed by atoms with van der Waals surface area (Å²) in [7, 11) is 0. The molecule has 3 heterocycles. The summed E-state index contributed by atoms with van der Waals surface area (Å²) >= 11 is 0. The van der Waals surface area contributed by atoms with Crippen molar-refractivity contribution in [2.24, 2.45) is 5.41 Å². The monoisotopic (exact) mass is 453 g/mol. The van der Waals surface area contributed by atoms with Crippen molar-refractivity contribution in [2.75, 3.05) is 13.1 Å². The number of ether oxygens (including phenoxy) is 2. The van der Waals surface area contributed by atoms with Crippen LogP contribution in [0.1, 0.15) is 79.4 Å². The molecule has 5 nitrogen and oxygen atoms in total. The van der Waals surface area contributed by atoms with Crippen LogP contribution >= 0.6 is 0 Å².